The summed E-state index contributed by atoms with van der Waals surface area (Å²) in [5, 5.41) is 0.528. The van der Waals surface area contributed by atoms with Crippen LogP contribution in [-0.4, -0.2) is 5.25 Å². The van der Waals surface area contributed by atoms with Crippen molar-refractivity contribution in [1.29, 1.82) is 0 Å². The van der Waals surface area contributed by atoms with Crippen LogP contribution in [0.5, 0.6) is 0 Å². The molecule has 0 spiro atoms. The van der Waals surface area contributed by atoms with Crippen LogP contribution in [0.15, 0.2) is 0 Å². The summed E-state index contributed by atoms with van der Waals surface area (Å²) in [5.74, 6) is 0. The third-order valence-corrected chi connectivity index (χ3v) is 0. The minimum atomic E-state index is 0. The molecule has 5 heavy (non-hydrogen) atoms. The monoisotopic (exact) mass is 140 g/mol. The van der Waals surface area contributed by atoms with Gasteiger partial charge in [-0.15, -0.1) is 0 Å². The van der Waals surface area contributed by atoms with E-state index < -0.39 is 0 Å². The maximum absolute atomic E-state index is 3.97. The second-order valence-corrected chi connectivity index (χ2v) is 2.13. The Morgan fingerprint density at radius 2 is 1.40 bits per heavy atom. The molecule has 0 aromatic rings. The van der Waals surface area contributed by atoms with Gasteiger partial charge in [0, 0.05) is 19.5 Å². The maximum Gasteiger partial charge on any atom is 0 e. The predicted molar refractivity (Wildman–Crippen MR) is 24.1 cm³/mol. The molecule has 0 atom stereocenters. The molecule has 0 saturated heterocycles. The van der Waals surface area contributed by atoms with Crippen molar-refractivity contribution < 1.29 is 19.5 Å². The van der Waals surface area contributed by atoms with Crippen molar-refractivity contribution in [2.75, 3.05) is 0 Å². The van der Waals surface area contributed by atoms with E-state index in [1.807, 2.05) is 13.8 Å². The summed E-state index contributed by atoms with van der Waals surface area (Å²) < 4.78 is 0. The summed E-state index contributed by atoms with van der Waals surface area (Å²) in [5.41, 5.74) is 0. The van der Waals surface area contributed by atoms with Gasteiger partial charge in [0.15, 0.2) is 0 Å². The summed E-state index contributed by atoms with van der Waals surface area (Å²) in [6.07, 6.45) is 0. The van der Waals surface area contributed by atoms with Crippen LogP contribution in [0.3, 0.4) is 0 Å². The van der Waals surface area contributed by atoms with Gasteiger partial charge in [0.25, 0.3) is 0 Å². The Morgan fingerprint density at radius 1 is 1.40 bits per heavy atom. The van der Waals surface area contributed by atoms with E-state index in [-0.39, 0.29) is 19.5 Å². The van der Waals surface area contributed by atoms with Gasteiger partial charge in [-0.2, -0.15) is 12.6 Å². The molecule has 0 rings (SSSR count). The Balaban J connectivity index is 0. The van der Waals surface area contributed by atoms with Crippen LogP contribution >= 0.6 is 12.6 Å². The van der Waals surface area contributed by atoms with Crippen LogP contribution in [0.2, 0.25) is 0 Å². The van der Waals surface area contributed by atoms with Gasteiger partial charge in [0.05, 0.1) is 0 Å². The van der Waals surface area contributed by atoms with Crippen molar-refractivity contribution in [2.45, 2.75) is 19.1 Å². The van der Waals surface area contributed by atoms with E-state index in [4.69, 9.17) is 0 Å². The van der Waals surface area contributed by atoms with E-state index in [1.165, 1.54) is 0 Å². The van der Waals surface area contributed by atoms with Crippen molar-refractivity contribution in [2.24, 2.45) is 0 Å². The molecule has 0 aliphatic carbocycles. The number of rotatable bonds is 0. The molecule has 0 saturated carbocycles. The quantitative estimate of drug-likeness (QED) is 0.382. The first-order chi connectivity index (χ1) is 1.73. The third kappa shape index (κ3) is 46.4. The molecule has 0 bridgehead atoms. The second kappa shape index (κ2) is 4.97. The first-order valence-corrected chi connectivity index (χ1v) is 1.93. The van der Waals surface area contributed by atoms with E-state index in [0.717, 1.165) is 0 Å². The zero-order valence-corrected chi connectivity index (χ0v) is 7.59. The molecule has 0 N–H and O–H groups in total. The molecule has 28 valence electrons. The van der Waals surface area contributed by atoms with E-state index in [2.05, 4.69) is 12.6 Å². The fourth-order valence-electron chi connectivity index (χ4n) is 0. The van der Waals surface area contributed by atoms with Crippen molar-refractivity contribution in [3.63, 3.8) is 0 Å². The average molecular weight is 142 g/mol. The summed E-state index contributed by atoms with van der Waals surface area (Å²) >= 11 is 3.97. The number of hydrogen-bond acceptors (Lipinski definition) is 1. The molecule has 0 nitrogen and oxygen atoms in total. The van der Waals surface area contributed by atoms with Crippen molar-refractivity contribution in [1.82, 2.24) is 0 Å². The molecule has 0 aliphatic rings. The van der Waals surface area contributed by atoms with Crippen LogP contribution in [0, 0.1) is 0 Å². The molecule has 0 aliphatic heterocycles. The summed E-state index contributed by atoms with van der Waals surface area (Å²) in [7, 11) is 0. The summed E-state index contributed by atoms with van der Waals surface area (Å²) in [6.45, 7) is 4.06. The number of thiol groups is 1. The number of hydrogen-bond donors (Lipinski definition) is 1. The smallest absolute Gasteiger partial charge is 0 e. The first kappa shape index (κ1) is 9.36. The molecule has 2 heteroatoms. The van der Waals surface area contributed by atoms with Crippen molar-refractivity contribution in [3.05, 3.63) is 0 Å². The second-order valence-electron chi connectivity index (χ2n) is 1.09. The molecule has 0 aromatic heterocycles. The van der Waals surface area contributed by atoms with Gasteiger partial charge in [-0.1, -0.05) is 13.8 Å². The average Bonchev–Trinajstić information content (AvgIpc) is 0.811. The van der Waals surface area contributed by atoms with Gasteiger partial charge < -0.3 is 0 Å². The van der Waals surface area contributed by atoms with Gasteiger partial charge in [-0.3, -0.25) is 0 Å². The van der Waals surface area contributed by atoms with E-state index in [1.54, 1.807) is 0 Å². The molecular formula is C3H8SZn. The molecule has 0 aromatic carbocycles. The fraction of sp³-hybridized carbons (Fsp3) is 1.00. The normalized spacial score (nSPS) is 7.20. The Labute approximate surface area is 51.5 Å². The SMILES string of the molecule is CC(C)S.[Zn]. The van der Waals surface area contributed by atoms with Gasteiger partial charge in [0.2, 0.25) is 0 Å². The van der Waals surface area contributed by atoms with E-state index in [9.17, 15) is 0 Å². The van der Waals surface area contributed by atoms with Crippen LogP contribution < -0.4 is 0 Å². The Kier molecular flexibility index (Phi) is 9.31. The van der Waals surface area contributed by atoms with Gasteiger partial charge in [0.1, 0.15) is 0 Å². The fourth-order valence-corrected chi connectivity index (χ4v) is 0. The topological polar surface area (TPSA) is 0 Å². The van der Waals surface area contributed by atoms with E-state index >= 15 is 0 Å². The van der Waals surface area contributed by atoms with Gasteiger partial charge in [-0.05, 0) is 5.25 Å². The van der Waals surface area contributed by atoms with Crippen molar-refractivity contribution >= 4 is 12.6 Å². The molecule has 0 unspecified atom stereocenters. The molecule has 0 amide bonds. The van der Waals surface area contributed by atoms with Crippen LogP contribution in [0.25, 0.3) is 0 Å². The van der Waals surface area contributed by atoms with Gasteiger partial charge >= 0.3 is 0 Å². The third-order valence-electron chi connectivity index (χ3n) is 0. The maximum atomic E-state index is 3.97. The minimum Gasteiger partial charge on any atom is -0.177 e. The summed E-state index contributed by atoms with van der Waals surface area (Å²) in [6, 6.07) is 0. The molecule has 0 fully saturated rings. The summed E-state index contributed by atoms with van der Waals surface area (Å²) in [4.78, 5) is 0. The first-order valence-electron chi connectivity index (χ1n) is 1.41. The molecule has 0 radical (unpaired) electrons. The van der Waals surface area contributed by atoms with Crippen LogP contribution in [-0.2, 0) is 19.5 Å². The minimum absolute atomic E-state index is 0. The zero-order chi connectivity index (χ0) is 3.58. The largest absolute Gasteiger partial charge is 0.177 e. The zero-order valence-electron chi connectivity index (χ0n) is 3.73. The predicted octanol–water partition coefficient (Wildman–Crippen LogP) is 1.32. The van der Waals surface area contributed by atoms with Crippen LogP contribution in [0.4, 0.5) is 0 Å². The Bertz CT molecular complexity index is 11.6. The molecule has 0 heterocycles. The standard InChI is InChI=1S/C3H8S.Zn/c1-3(2)4;/h3-4H,1-2H3;. The molecular weight excluding hydrogens is 133 g/mol. The van der Waals surface area contributed by atoms with E-state index in [0.29, 0.717) is 5.25 Å². The van der Waals surface area contributed by atoms with Crippen molar-refractivity contribution in [3.8, 4) is 0 Å². The Morgan fingerprint density at radius 3 is 1.40 bits per heavy atom. The Hall–Kier alpha value is 0.973. The van der Waals surface area contributed by atoms with Gasteiger partial charge in [-0.25, -0.2) is 0 Å². The van der Waals surface area contributed by atoms with Crippen LogP contribution in [0.1, 0.15) is 13.8 Å².